The van der Waals surface area contributed by atoms with Gasteiger partial charge in [-0.1, -0.05) is 42.3 Å². The topological polar surface area (TPSA) is 9.23 Å². The lowest BCUT2D eigenvalue weighted by Gasteiger charge is -2.04. The third kappa shape index (κ3) is 2.43. The smallest absolute Gasteiger partial charge is 0.148 e. The lowest BCUT2D eigenvalue weighted by molar-refractivity contribution is 0.370. The molecule has 2 aromatic rings. The summed E-state index contributed by atoms with van der Waals surface area (Å²) in [5.41, 5.74) is 2.32. The van der Waals surface area contributed by atoms with Crippen molar-refractivity contribution in [2.45, 2.75) is 0 Å². The van der Waals surface area contributed by atoms with E-state index in [0.717, 1.165) is 11.3 Å². The molecule has 2 rings (SSSR count). The molecule has 0 fully saturated rings. The van der Waals surface area contributed by atoms with Gasteiger partial charge in [-0.05, 0) is 29.3 Å². The summed E-state index contributed by atoms with van der Waals surface area (Å²) in [4.78, 5) is 0. The van der Waals surface area contributed by atoms with Gasteiger partial charge < -0.3 is 4.74 Å². The summed E-state index contributed by atoms with van der Waals surface area (Å²) in [6.45, 7) is 0.305. The maximum absolute atomic E-state index is 5.30. The molecule has 0 aliphatic carbocycles. The van der Waals surface area contributed by atoms with Crippen molar-refractivity contribution in [3.63, 3.8) is 0 Å². The summed E-state index contributed by atoms with van der Waals surface area (Å²) >= 11 is 0. The molecule has 77 valence electrons. The van der Waals surface area contributed by atoms with Gasteiger partial charge in [0.15, 0.2) is 0 Å². The molecule has 0 saturated carbocycles. The largest absolute Gasteiger partial charge is 0.481 e. The van der Waals surface area contributed by atoms with Crippen LogP contribution in [0.3, 0.4) is 0 Å². The SMILES string of the molecule is C#CCOc1ccc(-c2cc[c]cc2)cc1. The molecule has 0 unspecified atom stereocenters. The summed E-state index contributed by atoms with van der Waals surface area (Å²) in [6.07, 6.45) is 5.12. The van der Waals surface area contributed by atoms with Crippen LogP contribution in [0.2, 0.25) is 0 Å². The van der Waals surface area contributed by atoms with Crippen molar-refractivity contribution in [3.05, 3.63) is 54.6 Å². The molecule has 0 aliphatic heterocycles. The zero-order valence-electron chi connectivity index (χ0n) is 8.81. The fourth-order valence-electron chi connectivity index (χ4n) is 1.45. The van der Waals surface area contributed by atoms with Gasteiger partial charge in [-0.15, -0.1) is 6.42 Å². The van der Waals surface area contributed by atoms with Gasteiger partial charge in [0, 0.05) is 0 Å². The molecule has 0 bridgehead atoms. The number of benzene rings is 2. The molecule has 16 heavy (non-hydrogen) atoms. The first-order chi connectivity index (χ1) is 7.90. The van der Waals surface area contributed by atoms with Crippen molar-refractivity contribution in [2.24, 2.45) is 0 Å². The third-order valence-corrected chi connectivity index (χ3v) is 2.23. The molecule has 0 spiro atoms. The van der Waals surface area contributed by atoms with Crippen LogP contribution in [-0.2, 0) is 0 Å². The average Bonchev–Trinajstić information content (AvgIpc) is 2.38. The fourth-order valence-corrected chi connectivity index (χ4v) is 1.45. The van der Waals surface area contributed by atoms with Crippen molar-refractivity contribution in [1.29, 1.82) is 0 Å². The molecule has 0 saturated heterocycles. The minimum absolute atomic E-state index is 0.305. The third-order valence-electron chi connectivity index (χ3n) is 2.23. The minimum Gasteiger partial charge on any atom is -0.481 e. The van der Waals surface area contributed by atoms with E-state index < -0.39 is 0 Å². The van der Waals surface area contributed by atoms with Crippen molar-refractivity contribution >= 4 is 0 Å². The Bertz CT molecular complexity index is 477. The summed E-state index contributed by atoms with van der Waals surface area (Å²) < 4.78 is 5.30. The molecule has 0 N–H and O–H groups in total. The van der Waals surface area contributed by atoms with Crippen LogP contribution < -0.4 is 4.74 Å². The van der Waals surface area contributed by atoms with Crippen molar-refractivity contribution < 1.29 is 4.74 Å². The van der Waals surface area contributed by atoms with Gasteiger partial charge in [0.05, 0.1) is 0 Å². The van der Waals surface area contributed by atoms with Gasteiger partial charge in [-0.3, -0.25) is 0 Å². The van der Waals surface area contributed by atoms with Crippen LogP contribution in [0.15, 0.2) is 48.5 Å². The molecule has 0 aliphatic rings. The van der Waals surface area contributed by atoms with Gasteiger partial charge in [-0.2, -0.15) is 0 Å². The Hall–Kier alpha value is -2.20. The fraction of sp³-hybridized carbons (Fsp3) is 0.0667. The van der Waals surface area contributed by atoms with E-state index in [4.69, 9.17) is 11.2 Å². The Balaban J connectivity index is 2.17. The van der Waals surface area contributed by atoms with Crippen LogP contribution in [0.4, 0.5) is 0 Å². The van der Waals surface area contributed by atoms with Crippen LogP contribution in [-0.4, -0.2) is 6.61 Å². The standard InChI is InChI=1S/C15H11O/c1-2-12-16-15-10-8-14(9-11-15)13-6-4-3-5-7-13/h1,4-11H,12H2. The molecule has 2 aromatic carbocycles. The van der Waals surface area contributed by atoms with Gasteiger partial charge in [0.1, 0.15) is 12.4 Å². The average molecular weight is 207 g/mol. The molecular formula is C15H11O. The predicted octanol–water partition coefficient (Wildman–Crippen LogP) is 3.17. The van der Waals surface area contributed by atoms with Crippen LogP contribution >= 0.6 is 0 Å². The highest BCUT2D eigenvalue weighted by atomic mass is 16.5. The van der Waals surface area contributed by atoms with Crippen molar-refractivity contribution in [1.82, 2.24) is 0 Å². The Morgan fingerprint density at radius 1 is 1.00 bits per heavy atom. The first-order valence-corrected chi connectivity index (χ1v) is 5.03. The molecule has 1 nitrogen and oxygen atoms in total. The molecule has 0 amide bonds. The second kappa shape index (κ2) is 5.04. The minimum atomic E-state index is 0.305. The monoisotopic (exact) mass is 207 g/mol. The van der Waals surface area contributed by atoms with Gasteiger partial charge >= 0.3 is 0 Å². The Labute approximate surface area is 95.7 Å². The van der Waals surface area contributed by atoms with E-state index in [1.54, 1.807) is 0 Å². The number of rotatable bonds is 3. The number of hydrogen-bond donors (Lipinski definition) is 0. The van der Waals surface area contributed by atoms with Crippen LogP contribution in [0.1, 0.15) is 0 Å². The van der Waals surface area contributed by atoms with Gasteiger partial charge in [-0.25, -0.2) is 0 Å². The predicted molar refractivity (Wildman–Crippen MR) is 65.0 cm³/mol. The maximum atomic E-state index is 5.30. The normalized spacial score (nSPS) is 9.44. The van der Waals surface area contributed by atoms with E-state index in [2.05, 4.69) is 12.0 Å². The zero-order valence-corrected chi connectivity index (χ0v) is 8.81. The summed E-state index contributed by atoms with van der Waals surface area (Å²) in [5.74, 6) is 3.23. The maximum Gasteiger partial charge on any atom is 0.148 e. The molecule has 0 atom stereocenters. The van der Waals surface area contributed by atoms with E-state index in [1.807, 2.05) is 48.5 Å². The summed E-state index contributed by atoms with van der Waals surface area (Å²) in [5, 5.41) is 0. The summed E-state index contributed by atoms with van der Waals surface area (Å²) in [7, 11) is 0. The molecule has 1 radical (unpaired) electrons. The first-order valence-electron chi connectivity index (χ1n) is 5.03. The Kier molecular flexibility index (Phi) is 3.25. The van der Waals surface area contributed by atoms with E-state index in [1.165, 1.54) is 5.56 Å². The molecular weight excluding hydrogens is 196 g/mol. The van der Waals surface area contributed by atoms with Gasteiger partial charge in [0.25, 0.3) is 0 Å². The molecule has 0 heterocycles. The second-order valence-corrected chi connectivity index (χ2v) is 3.31. The second-order valence-electron chi connectivity index (χ2n) is 3.31. The highest BCUT2D eigenvalue weighted by molar-refractivity contribution is 5.63. The van der Waals surface area contributed by atoms with E-state index in [-0.39, 0.29) is 0 Å². The Morgan fingerprint density at radius 3 is 2.25 bits per heavy atom. The van der Waals surface area contributed by atoms with Crippen LogP contribution in [0.5, 0.6) is 5.75 Å². The van der Waals surface area contributed by atoms with Crippen molar-refractivity contribution in [3.8, 4) is 29.2 Å². The van der Waals surface area contributed by atoms with E-state index in [9.17, 15) is 0 Å². The number of terminal acetylenes is 1. The highest BCUT2D eigenvalue weighted by Crippen LogP contribution is 2.21. The molecule has 1 heteroatoms. The van der Waals surface area contributed by atoms with E-state index in [0.29, 0.717) is 6.61 Å². The lowest BCUT2D eigenvalue weighted by atomic mass is 10.1. The van der Waals surface area contributed by atoms with E-state index >= 15 is 0 Å². The number of hydrogen-bond acceptors (Lipinski definition) is 1. The lowest BCUT2D eigenvalue weighted by Crippen LogP contribution is -1.92. The summed E-state index contributed by atoms with van der Waals surface area (Å²) in [6, 6.07) is 18.7. The van der Waals surface area contributed by atoms with Crippen LogP contribution in [0.25, 0.3) is 11.1 Å². The quantitative estimate of drug-likeness (QED) is 0.702. The molecule has 0 aromatic heterocycles. The van der Waals surface area contributed by atoms with Gasteiger partial charge in [0.2, 0.25) is 0 Å². The first kappa shape index (κ1) is 10.3. The van der Waals surface area contributed by atoms with Crippen LogP contribution in [0, 0.1) is 18.4 Å². The Morgan fingerprint density at radius 2 is 1.62 bits per heavy atom. The zero-order chi connectivity index (χ0) is 11.2. The number of ether oxygens (including phenoxy) is 1. The van der Waals surface area contributed by atoms with Crippen molar-refractivity contribution in [2.75, 3.05) is 6.61 Å². The highest BCUT2D eigenvalue weighted by Gasteiger charge is 1.97.